The summed E-state index contributed by atoms with van der Waals surface area (Å²) in [5.41, 5.74) is 1.44. The summed E-state index contributed by atoms with van der Waals surface area (Å²) >= 11 is 0. The molecule has 3 rings (SSSR count). The number of allylic oxidation sites excluding steroid dienone is 2. The first kappa shape index (κ1) is 16.7. The molecular weight excluding hydrogens is 316 g/mol. The highest BCUT2D eigenvalue weighted by Crippen LogP contribution is 2.28. The van der Waals surface area contributed by atoms with Gasteiger partial charge in [-0.15, -0.1) is 0 Å². The van der Waals surface area contributed by atoms with Crippen LogP contribution in [0.2, 0.25) is 0 Å². The Morgan fingerprint density at radius 1 is 0.760 bits per heavy atom. The van der Waals surface area contributed by atoms with E-state index in [9.17, 15) is 19.2 Å². The van der Waals surface area contributed by atoms with Gasteiger partial charge in [-0.3, -0.25) is 19.2 Å². The minimum Gasteiger partial charge on any atom is -0.289 e. The van der Waals surface area contributed by atoms with Crippen LogP contribution in [0.3, 0.4) is 0 Å². The first-order chi connectivity index (χ1) is 12.0. The highest BCUT2D eigenvalue weighted by atomic mass is 16.2. The molecule has 0 bridgehead atoms. The van der Waals surface area contributed by atoms with Gasteiger partial charge in [-0.05, 0) is 24.5 Å². The van der Waals surface area contributed by atoms with Crippen LogP contribution in [0.4, 0.5) is 0 Å². The van der Waals surface area contributed by atoms with Gasteiger partial charge in [0.1, 0.15) is 5.92 Å². The third kappa shape index (κ3) is 3.11. The summed E-state index contributed by atoms with van der Waals surface area (Å²) in [6.45, 7) is 1.61. The van der Waals surface area contributed by atoms with Crippen molar-refractivity contribution in [3.63, 3.8) is 0 Å². The van der Waals surface area contributed by atoms with E-state index in [1.165, 1.54) is 0 Å². The second-order valence-electron chi connectivity index (χ2n) is 6.05. The lowest BCUT2D eigenvalue weighted by atomic mass is 9.76. The molecule has 0 atom stereocenters. The van der Waals surface area contributed by atoms with E-state index >= 15 is 0 Å². The lowest BCUT2D eigenvalue weighted by Crippen LogP contribution is -2.43. The predicted octanol–water partition coefficient (Wildman–Crippen LogP) is 2.62. The van der Waals surface area contributed by atoms with Crippen molar-refractivity contribution in [1.29, 1.82) is 0 Å². The molecule has 0 spiro atoms. The van der Waals surface area contributed by atoms with E-state index in [0.29, 0.717) is 17.6 Å². The lowest BCUT2D eigenvalue weighted by molar-refractivity contribution is -0.146. The number of hydrogen-bond acceptors (Lipinski definition) is 4. The van der Waals surface area contributed by atoms with Crippen molar-refractivity contribution < 1.29 is 19.2 Å². The van der Waals surface area contributed by atoms with E-state index in [-0.39, 0.29) is 5.57 Å². The molecule has 2 aromatic carbocycles. The van der Waals surface area contributed by atoms with Gasteiger partial charge in [0.2, 0.25) is 23.1 Å². The maximum absolute atomic E-state index is 12.5. The Morgan fingerprint density at radius 2 is 1.24 bits per heavy atom. The van der Waals surface area contributed by atoms with Gasteiger partial charge in [0.25, 0.3) is 0 Å². The molecule has 1 aliphatic rings. The molecule has 0 unspecified atom stereocenters. The second-order valence-corrected chi connectivity index (χ2v) is 6.05. The standard InChI is InChI=1S/C21H16O4/c1-13(12-14-8-4-2-5-9-14)16-18(22)20(24)17(21(25)19(16)23)15-10-6-3-7-11-15/h2-11,17H,12H2,1H3. The number of hydrogen-bond donors (Lipinski definition) is 0. The fourth-order valence-electron chi connectivity index (χ4n) is 3.06. The average Bonchev–Trinajstić information content (AvgIpc) is 2.62. The number of benzene rings is 2. The highest BCUT2D eigenvalue weighted by molar-refractivity contribution is 6.69. The van der Waals surface area contributed by atoms with Gasteiger partial charge >= 0.3 is 0 Å². The van der Waals surface area contributed by atoms with Crippen molar-refractivity contribution >= 4 is 23.1 Å². The van der Waals surface area contributed by atoms with E-state index in [0.717, 1.165) is 5.56 Å². The van der Waals surface area contributed by atoms with Gasteiger partial charge in [0.05, 0.1) is 5.57 Å². The fourth-order valence-corrected chi connectivity index (χ4v) is 3.06. The SMILES string of the molecule is CC(Cc1ccccc1)=C1C(=O)C(=O)C(c2ccccc2)C(=O)C1=O. The topological polar surface area (TPSA) is 68.3 Å². The smallest absolute Gasteiger partial charge is 0.233 e. The third-order valence-electron chi connectivity index (χ3n) is 4.30. The molecule has 124 valence electrons. The third-order valence-corrected chi connectivity index (χ3v) is 4.30. The molecule has 25 heavy (non-hydrogen) atoms. The van der Waals surface area contributed by atoms with E-state index in [1.807, 2.05) is 30.3 Å². The minimum atomic E-state index is -1.32. The van der Waals surface area contributed by atoms with Crippen molar-refractivity contribution in [2.24, 2.45) is 0 Å². The summed E-state index contributed by atoms with van der Waals surface area (Å²) in [5.74, 6) is -4.73. The van der Waals surface area contributed by atoms with Crippen molar-refractivity contribution in [2.75, 3.05) is 0 Å². The van der Waals surface area contributed by atoms with Gasteiger partial charge in [0, 0.05) is 0 Å². The quantitative estimate of drug-likeness (QED) is 0.375. The van der Waals surface area contributed by atoms with Crippen LogP contribution in [-0.4, -0.2) is 23.1 Å². The van der Waals surface area contributed by atoms with Crippen LogP contribution in [0.5, 0.6) is 0 Å². The largest absolute Gasteiger partial charge is 0.289 e. The second kappa shape index (κ2) is 6.77. The van der Waals surface area contributed by atoms with E-state index in [2.05, 4.69) is 0 Å². The summed E-state index contributed by atoms with van der Waals surface area (Å²) in [6.07, 6.45) is 0.338. The maximum Gasteiger partial charge on any atom is 0.233 e. The zero-order chi connectivity index (χ0) is 18.0. The van der Waals surface area contributed by atoms with Crippen molar-refractivity contribution in [3.8, 4) is 0 Å². The maximum atomic E-state index is 12.5. The Bertz CT molecular complexity index is 862. The number of Topliss-reactive ketones (excluding diaryl/α,β-unsaturated/α-hetero) is 4. The van der Waals surface area contributed by atoms with Gasteiger partial charge in [-0.25, -0.2) is 0 Å². The number of ketones is 4. The van der Waals surface area contributed by atoms with E-state index in [4.69, 9.17) is 0 Å². The van der Waals surface area contributed by atoms with Crippen LogP contribution in [0, 0.1) is 0 Å². The zero-order valence-electron chi connectivity index (χ0n) is 13.7. The summed E-state index contributed by atoms with van der Waals surface area (Å²) in [7, 11) is 0. The Kier molecular flexibility index (Phi) is 4.52. The molecule has 0 aromatic heterocycles. The normalized spacial score (nSPS) is 17.8. The zero-order valence-corrected chi connectivity index (χ0v) is 13.7. The summed E-state index contributed by atoms with van der Waals surface area (Å²) < 4.78 is 0. The highest BCUT2D eigenvalue weighted by Gasteiger charge is 2.46. The monoisotopic (exact) mass is 332 g/mol. The first-order valence-corrected chi connectivity index (χ1v) is 7.96. The molecule has 0 saturated heterocycles. The van der Waals surface area contributed by atoms with E-state index in [1.54, 1.807) is 37.3 Å². The van der Waals surface area contributed by atoms with Crippen LogP contribution in [-0.2, 0) is 25.6 Å². The summed E-state index contributed by atoms with van der Waals surface area (Å²) in [6, 6.07) is 17.5. The van der Waals surface area contributed by atoms with Gasteiger partial charge in [-0.1, -0.05) is 66.2 Å². The minimum absolute atomic E-state index is 0.272. The Balaban J connectivity index is 1.98. The molecule has 2 aromatic rings. The summed E-state index contributed by atoms with van der Waals surface area (Å²) in [5, 5.41) is 0. The van der Waals surface area contributed by atoms with Crippen molar-refractivity contribution in [3.05, 3.63) is 82.9 Å². The molecule has 0 amide bonds. The van der Waals surface area contributed by atoms with Crippen LogP contribution in [0.25, 0.3) is 0 Å². The molecule has 1 saturated carbocycles. The molecule has 1 aliphatic carbocycles. The van der Waals surface area contributed by atoms with Crippen LogP contribution >= 0.6 is 0 Å². The average molecular weight is 332 g/mol. The van der Waals surface area contributed by atoms with Gasteiger partial charge in [0.15, 0.2) is 0 Å². The number of rotatable bonds is 3. The molecule has 4 nitrogen and oxygen atoms in total. The van der Waals surface area contributed by atoms with Crippen molar-refractivity contribution in [2.45, 2.75) is 19.3 Å². The Hall–Kier alpha value is -3.14. The van der Waals surface area contributed by atoms with Crippen LogP contribution in [0.1, 0.15) is 24.0 Å². The Morgan fingerprint density at radius 3 is 1.76 bits per heavy atom. The van der Waals surface area contributed by atoms with Crippen LogP contribution in [0.15, 0.2) is 71.8 Å². The molecule has 4 heteroatoms. The molecule has 1 fully saturated rings. The summed E-state index contributed by atoms with van der Waals surface area (Å²) in [4.78, 5) is 50.0. The first-order valence-electron chi connectivity index (χ1n) is 7.96. The predicted molar refractivity (Wildman–Crippen MR) is 92.1 cm³/mol. The molecular formula is C21H16O4. The van der Waals surface area contributed by atoms with Crippen molar-refractivity contribution in [1.82, 2.24) is 0 Å². The Labute approximate surface area is 145 Å². The fraction of sp³-hybridized carbons (Fsp3) is 0.143. The van der Waals surface area contributed by atoms with Gasteiger partial charge in [-0.2, -0.15) is 0 Å². The van der Waals surface area contributed by atoms with Gasteiger partial charge < -0.3 is 0 Å². The number of carbonyl (C=O) groups excluding carboxylic acids is 4. The molecule has 0 heterocycles. The lowest BCUT2D eigenvalue weighted by Gasteiger charge is -2.21. The molecule has 0 radical (unpaired) electrons. The van der Waals surface area contributed by atoms with Crippen LogP contribution < -0.4 is 0 Å². The molecule has 0 N–H and O–H groups in total. The molecule has 0 aliphatic heterocycles. The van der Waals surface area contributed by atoms with E-state index < -0.39 is 29.1 Å². The number of carbonyl (C=O) groups is 4.